The fourth-order valence-corrected chi connectivity index (χ4v) is 2.02. The molecule has 96 valence electrons. The number of hydrogen-bond donors (Lipinski definition) is 1. The van der Waals surface area contributed by atoms with Crippen molar-refractivity contribution in [3.63, 3.8) is 0 Å². The molecule has 19 heavy (non-hydrogen) atoms. The molecule has 1 N–H and O–H groups in total. The largest absolute Gasteiger partial charge is 0.507 e. The van der Waals surface area contributed by atoms with Crippen LogP contribution in [0.25, 0.3) is 0 Å². The lowest BCUT2D eigenvalue weighted by Gasteiger charge is -1.97. The molecule has 2 rings (SSSR count). The van der Waals surface area contributed by atoms with Gasteiger partial charge in [-0.1, -0.05) is 44.0 Å². The predicted molar refractivity (Wildman–Crippen MR) is 85.1 cm³/mol. The van der Waals surface area contributed by atoms with Crippen molar-refractivity contribution in [1.29, 1.82) is 0 Å². The van der Waals surface area contributed by atoms with Gasteiger partial charge in [-0.05, 0) is 35.9 Å². The van der Waals surface area contributed by atoms with Gasteiger partial charge in [0.25, 0.3) is 0 Å². The first-order valence-electron chi connectivity index (χ1n) is 5.45. The summed E-state index contributed by atoms with van der Waals surface area (Å²) in [6.07, 6.45) is 3.16. The monoisotopic (exact) mass is 380 g/mol. The molecular formula is C14H10Br2N2O. The van der Waals surface area contributed by atoms with Crippen LogP contribution in [0.1, 0.15) is 11.1 Å². The lowest BCUT2D eigenvalue weighted by molar-refractivity contribution is 0.474. The second-order valence-corrected chi connectivity index (χ2v) is 5.58. The van der Waals surface area contributed by atoms with Crippen LogP contribution in [0, 0.1) is 0 Å². The van der Waals surface area contributed by atoms with E-state index in [1.807, 2.05) is 24.3 Å². The zero-order chi connectivity index (χ0) is 13.7. The van der Waals surface area contributed by atoms with E-state index in [4.69, 9.17) is 0 Å². The van der Waals surface area contributed by atoms with E-state index in [9.17, 15) is 5.11 Å². The normalized spacial score (nSPS) is 11.5. The molecule has 0 aliphatic heterocycles. The summed E-state index contributed by atoms with van der Waals surface area (Å²) in [5.41, 5.74) is 1.57. The minimum atomic E-state index is 0.172. The fraction of sp³-hybridized carbons (Fsp3) is 0. The summed E-state index contributed by atoms with van der Waals surface area (Å²) in [6.45, 7) is 0. The van der Waals surface area contributed by atoms with Crippen LogP contribution in [0.15, 0.2) is 61.6 Å². The van der Waals surface area contributed by atoms with Crippen molar-refractivity contribution >= 4 is 44.3 Å². The number of phenolic OH excluding ortho intramolecular Hbond substituents is 1. The molecule has 0 unspecified atom stereocenters. The zero-order valence-electron chi connectivity index (χ0n) is 9.79. The van der Waals surface area contributed by atoms with E-state index in [1.165, 1.54) is 6.21 Å². The van der Waals surface area contributed by atoms with Gasteiger partial charge in [0.2, 0.25) is 0 Å². The molecule has 0 saturated carbocycles. The van der Waals surface area contributed by atoms with E-state index in [0.29, 0.717) is 5.56 Å². The van der Waals surface area contributed by atoms with E-state index in [-0.39, 0.29) is 5.75 Å². The summed E-state index contributed by atoms with van der Waals surface area (Å²) in [6, 6.07) is 12.9. The molecule has 5 heteroatoms. The van der Waals surface area contributed by atoms with Crippen molar-refractivity contribution in [3.05, 3.63) is 62.5 Å². The topological polar surface area (TPSA) is 45.0 Å². The number of halogens is 2. The van der Waals surface area contributed by atoms with Crippen LogP contribution >= 0.6 is 31.9 Å². The summed E-state index contributed by atoms with van der Waals surface area (Å²) in [4.78, 5) is 0. The number of hydrogen-bond acceptors (Lipinski definition) is 3. The molecule has 0 fully saturated rings. The van der Waals surface area contributed by atoms with Crippen LogP contribution in [0.2, 0.25) is 0 Å². The average molecular weight is 382 g/mol. The Morgan fingerprint density at radius 3 is 2.21 bits per heavy atom. The molecule has 0 bridgehead atoms. The molecule has 0 saturated heterocycles. The number of aromatic hydroxyl groups is 1. The molecule has 2 aromatic carbocycles. The number of phenols is 1. The van der Waals surface area contributed by atoms with Gasteiger partial charge in [-0.3, -0.25) is 0 Å². The number of rotatable bonds is 3. The molecule has 0 aliphatic carbocycles. The van der Waals surface area contributed by atoms with Crippen molar-refractivity contribution < 1.29 is 5.11 Å². The Kier molecular flexibility index (Phi) is 4.87. The Labute approximate surface area is 128 Å². The maximum Gasteiger partial charge on any atom is 0.124 e. The average Bonchev–Trinajstić information content (AvgIpc) is 2.40. The quantitative estimate of drug-likeness (QED) is 0.622. The minimum absolute atomic E-state index is 0.172. The lowest BCUT2D eigenvalue weighted by atomic mass is 10.2. The summed E-state index contributed by atoms with van der Waals surface area (Å²) >= 11 is 6.70. The van der Waals surface area contributed by atoms with Crippen LogP contribution in [0.4, 0.5) is 0 Å². The smallest absolute Gasteiger partial charge is 0.124 e. The highest BCUT2D eigenvalue weighted by molar-refractivity contribution is 9.10. The summed E-state index contributed by atoms with van der Waals surface area (Å²) in [5, 5.41) is 17.5. The van der Waals surface area contributed by atoms with Crippen molar-refractivity contribution in [2.45, 2.75) is 0 Å². The summed E-state index contributed by atoms with van der Waals surface area (Å²) in [5.74, 6) is 0.172. The molecule has 2 aromatic rings. The van der Waals surface area contributed by atoms with Gasteiger partial charge in [0.15, 0.2) is 0 Å². The van der Waals surface area contributed by atoms with Crippen LogP contribution in [-0.2, 0) is 0 Å². The number of nitrogens with zero attached hydrogens (tertiary/aromatic N) is 2. The van der Waals surface area contributed by atoms with E-state index in [1.54, 1.807) is 24.4 Å². The molecule has 3 nitrogen and oxygen atoms in total. The standard InChI is InChI=1S/C14H10Br2N2O/c15-12-3-1-10(2-4-12)8-17-18-9-11-7-13(16)5-6-14(11)19/h1-9,19H/b17-8+,18-9+. The molecule has 0 spiro atoms. The molecule has 0 radical (unpaired) electrons. The molecule has 0 aromatic heterocycles. The number of benzene rings is 2. The van der Waals surface area contributed by atoms with Gasteiger partial charge in [-0.25, -0.2) is 0 Å². The molecule has 0 atom stereocenters. The van der Waals surface area contributed by atoms with Crippen molar-refractivity contribution in [3.8, 4) is 5.75 Å². The molecular weight excluding hydrogens is 372 g/mol. The highest BCUT2D eigenvalue weighted by atomic mass is 79.9. The predicted octanol–water partition coefficient (Wildman–Crippen LogP) is 4.37. The Hall–Kier alpha value is -1.46. The minimum Gasteiger partial charge on any atom is -0.507 e. The maximum absolute atomic E-state index is 9.61. The van der Waals surface area contributed by atoms with Crippen LogP contribution in [0.3, 0.4) is 0 Å². The van der Waals surface area contributed by atoms with Gasteiger partial charge < -0.3 is 5.11 Å². The lowest BCUT2D eigenvalue weighted by Crippen LogP contribution is -1.83. The van der Waals surface area contributed by atoms with Crippen molar-refractivity contribution in [1.82, 2.24) is 0 Å². The van der Waals surface area contributed by atoms with E-state index >= 15 is 0 Å². The first kappa shape index (κ1) is 14.0. The Bertz CT molecular complexity index is 622. The third-order valence-electron chi connectivity index (χ3n) is 2.33. The van der Waals surface area contributed by atoms with E-state index < -0.39 is 0 Å². The zero-order valence-corrected chi connectivity index (χ0v) is 13.0. The molecule has 0 aliphatic rings. The van der Waals surface area contributed by atoms with Crippen molar-refractivity contribution in [2.24, 2.45) is 10.2 Å². The summed E-state index contributed by atoms with van der Waals surface area (Å²) in [7, 11) is 0. The first-order chi connectivity index (χ1) is 9.15. The molecule has 0 heterocycles. The van der Waals surface area contributed by atoms with Gasteiger partial charge in [-0.2, -0.15) is 10.2 Å². The highest BCUT2D eigenvalue weighted by Crippen LogP contribution is 2.20. The highest BCUT2D eigenvalue weighted by Gasteiger charge is 1.97. The van der Waals surface area contributed by atoms with E-state index in [0.717, 1.165) is 14.5 Å². The van der Waals surface area contributed by atoms with Gasteiger partial charge in [-0.15, -0.1) is 0 Å². The van der Waals surface area contributed by atoms with Gasteiger partial charge in [0, 0.05) is 14.5 Å². The fourth-order valence-electron chi connectivity index (χ4n) is 1.37. The van der Waals surface area contributed by atoms with Crippen LogP contribution in [0.5, 0.6) is 5.75 Å². The second kappa shape index (κ2) is 6.63. The van der Waals surface area contributed by atoms with Crippen LogP contribution < -0.4 is 0 Å². The van der Waals surface area contributed by atoms with E-state index in [2.05, 4.69) is 42.1 Å². The SMILES string of the molecule is Oc1ccc(Br)cc1/C=N/N=C/c1ccc(Br)cc1. The van der Waals surface area contributed by atoms with Gasteiger partial charge in [0.1, 0.15) is 5.75 Å². The Balaban J connectivity index is 2.07. The first-order valence-corrected chi connectivity index (χ1v) is 7.04. The molecule has 0 amide bonds. The Morgan fingerprint density at radius 2 is 1.47 bits per heavy atom. The Morgan fingerprint density at radius 1 is 0.842 bits per heavy atom. The third-order valence-corrected chi connectivity index (χ3v) is 3.35. The van der Waals surface area contributed by atoms with Crippen molar-refractivity contribution in [2.75, 3.05) is 0 Å². The maximum atomic E-state index is 9.61. The van der Waals surface area contributed by atoms with Crippen LogP contribution in [-0.4, -0.2) is 17.5 Å². The summed E-state index contributed by atoms with van der Waals surface area (Å²) < 4.78 is 1.90. The second-order valence-electron chi connectivity index (χ2n) is 3.74. The third kappa shape index (κ3) is 4.29. The van der Waals surface area contributed by atoms with Gasteiger partial charge >= 0.3 is 0 Å². The van der Waals surface area contributed by atoms with Gasteiger partial charge in [0.05, 0.1) is 12.4 Å².